The minimum atomic E-state index is -0.590. The molecule has 0 unspecified atom stereocenters. The van der Waals surface area contributed by atoms with Crippen LogP contribution in [0.1, 0.15) is 47.2 Å². The van der Waals surface area contributed by atoms with Crippen molar-refractivity contribution in [3.05, 3.63) is 93.9 Å². The summed E-state index contributed by atoms with van der Waals surface area (Å²) in [6.45, 7) is 5.62. The fraction of sp³-hybridized carbons (Fsp3) is 0.208. The summed E-state index contributed by atoms with van der Waals surface area (Å²) in [4.78, 5) is 39.6. The SMILES string of the molecule is CC(C)(C)OC(=O)c1ccc(NC(=O)c2cc(=O)c(OCc3ccccc3)c[nH]2)cc1. The Morgan fingerprint density at radius 2 is 1.68 bits per heavy atom. The first-order chi connectivity index (χ1) is 14.7. The van der Waals surface area contributed by atoms with Crippen molar-refractivity contribution in [1.29, 1.82) is 0 Å². The zero-order chi connectivity index (χ0) is 22.4. The Balaban J connectivity index is 1.62. The van der Waals surface area contributed by atoms with E-state index in [2.05, 4.69) is 10.3 Å². The highest BCUT2D eigenvalue weighted by atomic mass is 16.6. The van der Waals surface area contributed by atoms with E-state index in [9.17, 15) is 14.4 Å². The van der Waals surface area contributed by atoms with Gasteiger partial charge in [0, 0.05) is 18.0 Å². The zero-order valence-electron chi connectivity index (χ0n) is 17.6. The number of ether oxygens (including phenoxy) is 2. The van der Waals surface area contributed by atoms with Crippen LogP contribution in [-0.4, -0.2) is 22.5 Å². The minimum absolute atomic E-state index is 0.0910. The van der Waals surface area contributed by atoms with Gasteiger partial charge in [-0.1, -0.05) is 30.3 Å². The monoisotopic (exact) mass is 420 g/mol. The molecular formula is C24H24N2O5. The largest absolute Gasteiger partial charge is 0.483 e. The molecule has 2 aromatic carbocycles. The summed E-state index contributed by atoms with van der Waals surface area (Å²) in [6.07, 6.45) is 1.37. The van der Waals surface area contributed by atoms with Crippen LogP contribution in [0.5, 0.6) is 5.75 Å². The molecule has 31 heavy (non-hydrogen) atoms. The maximum absolute atomic E-state index is 12.4. The number of aromatic nitrogens is 1. The molecule has 3 aromatic rings. The maximum atomic E-state index is 12.4. The Morgan fingerprint density at radius 3 is 2.29 bits per heavy atom. The molecule has 0 aliphatic carbocycles. The van der Waals surface area contributed by atoms with Crippen molar-refractivity contribution in [1.82, 2.24) is 4.98 Å². The van der Waals surface area contributed by atoms with Crippen molar-refractivity contribution < 1.29 is 19.1 Å². The van der Waals surface area contributed by atoms with Gasteiger partial charge in [-0.05, 0) is 50.6 Å². The lowest BCUT2D eigenvalue weighted by molar-refractivity contribution is 0.00695. The van der Waals surface area contributed by atoms with Gasteiger partial charge in [0.25, 0.3) is 5.91 Å². The van der Waals surface area contributed by atoms with E-state index in [0.29, 0.717) is 11.3 Å². The Kier molecular flexibility index (Phi) is 6.55. The molecule has 0 bridgehead atoms. The van der Waals surface area contributed by atoms with Crippen molar-refractivity contribution >= 4 is 17.6 Å². The summed E-state index contributed by atoms with van der Waals surface area (Å²) >= 11 is 0. The fourth-order valence-electron chi connectivity index (χ4n) is 2.66. The maximum Gasteiger partial charge on any atom is 0.338 e. The second kappa shape index (κ2) is 9.30. The number of hydrogen-bond donors (Lipinski definition) is 2. The van der Waals surface area contributed by atoms with Crippen LogP contribution in [0.15, 0.2) is 71.7 Å². The van der Waals surface area contributed by atoms with Gasteiger partial charge in [-0.15, -0.1) is 0 Å². The van der Waals surface area contributed by atoms with E-state index in [1.807, 2.05) is 30.3 Å². The second-order valence-corrected chi connectivity index (χ2v) is 7.88. The van der Waals surface area contributed by atoms with E-state index >= 15 is 0 Å². The summed E-state index contributed by atoms with van der Waals surface area (Å²) in [5.74, 6) is -0.806. The average Bonchev–Trinajstić information content (AvgIpc) is 2.73. The van der Waals surface area contributed by atoms with E-state index in [1.54, 1.807) is 45.0 Å². The Labute approximate surface area is 180 Å². The number of amides is 1. The van der Waals surface area contributed by atoms with Gasteiger partial charge in [0.05, 0.1) is 5.56 Å². The molecule has 2 N–H and O–H groups in total. The smallest absolute Gasteiger partial charge is 0.338 e. The lowest BCUT2D eigenvalue weighted by atomic mass is 10.1. The normalized spacial score (nSPS) is 10.9. The number of nitrogens with one attached hydrogen (secondary N) is 2. The predicted molar refractivity (Wildman–Crippen MR) is 117 cm³/mol. The molecule has 3 rings (SSSR count). The van der Waals surface area contributed by atoms with E-state index in [-0.39, 0.29) is 18.1 Å². The van der Waals surface area contributed by atoms with E-state index in [0.717, 1.165) is 5.56 Å². The van der Waals surface area contributed by atoms with Gasteiger partial charge >= 0.3 is 5.97 Å². The standard InChI is InChI=1S/C24H24N2O5/c1-24(2,3)31-23(29)17-9-11-18(12-10-17)26-22(28)19-13-20(27)21(14-25-19)30-15-16-7-5-4-6-8-16/h4-14H,15H2,1-3H3,(H,25,27)(H,26,28). The van der Waals surface area contributed by atoms with E-state index < -0.39 is 22.9 Å². The van der Waals surface area contributed by atoms with Crippen LogP contribution in [0.2, 0.25) is 0 Å². The number of carbonyl (C=O) groups is 2. The van der Waals surface area contributed by atoms with Gasteiger partial charge < -0.3 is 19.8 Å². The van der Waals surface area contributed by atoms with Gasteiger partial charge in [-0.25, -0.2) is 4.79 Å². The molecule has 1 heterocycles. The Morgan fingerprint density at radius 1 is 1.00 bits per heavy atom. The number of pyridine rings is 1. The number of hydrogen-bond acceptors (Lipinski definition) is 5. The quantitative estimate of drug-likeness (QED) is 0.584. The van der Waals surface area contributed by atoms with Crippen molar-refractivity contribution in [2.75, 3.05) is 5.32 Å². The number of rotatable bonds is 6. The number of anilines is 1. The van der Waals surface area contributed by atoms with Gasteiger partial charge in [0.15, 0.2) is 5.75 Å². The number of esters is 1. The number of H-pyrrole nitrogens is 1. The summed E-state index contributed by atoms with van der Waals surface area (Å²) < 4.78 is 10.8. The molecule has 7 nitrogen and oxygen atoms in total. The van der Waals surface area contributed by atoms with Gasteiger partial charge in [0.2, 0.25) is 5.43 Å². The van der Waals surface area contributed by atoms with Crippen LogP contribution in [-0.2, 0) is 11.3 Å². The predicted octanol–water partition coefficient (Wildman–Crippen LogP) is 4.16. The highest BCUT2D eigenvalue weighted by Gasteiger charge is 2.18. The van der Waals surface area contributed by atoms with Crippen LogP contribution >= 0.6 is 0 Å². The molecule has 0 atom stereocenters. The molecule has 0 spiro atoms. The zero-order valence-corrected chi connectivity index (χ0v) is 17.6. The summed E-state index contributed by atoms with van der Waals surface area (Å²) in [6, 6.07) is 16.9. The minimum Gasteiger partial charge on any atom is -0.483 e. The molecule has 0 radical (unpaired) electrons. The number of carbonyl (C=O) groups excluding carboxylic acids is 2. The first-order valence-corrected chi connectivity index (χ1v) is 9.75. The van der Waals surface area contributed by atoms with Crippen molar-refractivity contribution in [2.24, 2.45) is 0 Å². The van der Waals surface area contributed by atoms with Crippen LogP contribution in [0.3, 0.4) is 0 Å². The lowest BCUT2D eigenvalue weighted by Crippen LogP contribution is -2.23. The number of benzene rings is 2. The third-order valence-corrected chi connectivity index (χ3v) is 4.14. The van der Waals surface area contributed by atoms with Crippen molar-refractivity contribution in [2.45, 2.75) is 33.0 Å². The average molecular weight is 420 g/mol. The van der Waals surface area contributed by atoms with Crippen LogP contribution in [0.25, 0.3) is 0 Å². The third kappa shape index (κ3) is 6.30. The molecular weight excluding hydrogens is 396 g/mol. The third-order valence-electron chi connectivity index (χ3n) is 4.14. The molecule has 1 aromatic heterocycles. The highest BCUT2D eigenvalue weighted by Crippen LogP contribution is 2.15. The summed E-state index contributed by atoms with van der Waals surface area (Å²) in [7, 11) is 0. The van der Waals surface area contributed by atoms with Gasteiger partial charge in [0.1, 0.15) is 17.9 Å². The van der Waals surface area contributed by atoms with Crippen LogP contribution in [0.4, 0.5) is 5.69 Å². The lowest BCUT2D eigenvalue weighted by Gasteiger charge is -2.19. The molecule has 0 saturated carbocycles. The molecule has 7 heteroatoms. The van der Waals surface area contributed by atoms with Gasteiger partial charge in [-0.2, -0.15) is 0 Å². The summed E-state index contributed by atoms with van der Waals surface area (Å²) in [5, 5.41) is 2.68. The molecule has 0 aliphatic heterocycles. The van der Waals surface area contributed by atoms with E-state index in [1.165, 1.54) is 12.3 Å². The molecule has 0 aliphatic rings. The van der Waals surface area contributed by atoms with Crippen LogP contribution < -0.4 is 15.5 Å². The fourth-order valence-corrected chi connectivity index (χ4v) is 2.66. The van der Waals surface area contributed by atoms with E-state index in [4.69, 9.17) is 9.47 Å². The van der Waals surface area contributed by atoms with Crippen LogP contribution in [0, 0.1) is 0 Å². The molecule has 0 saturated heterocycles. The van der Waals surface area contributed by atoms with Gasteiger partial charge in [-0.3, -0.25) is 9.59 Å². The second-order valence-electron chi connectivity index (χ2n) is 7.88. The van der Waals surface area contributed by atoms with Crippen molar-refractivity contribution in [3.8, 4) is 5.75 Å². The Bertz CT molecular complexity index is 1110. The first kappa shape index (κ1) is 21.8. The number of aromatic amines is 1. The Hall–Kier alpha value is -3.87. The molecule has 160 valence electrons. The highest BCUT2D eigenvalue weighted by molar-refractivity contribution is 6.03. The summed E-state index contributed by atoms with van der Waals surface area (Å²) in [5.41, 5.74) is 0.878. The molecule has 1 amide bonds. The van der Waals surface area contributed by atoms with Crippen molar-refractivity contribution in [3.63, 3.8) is 0 Å². The molecule has 0 fully saturated rings. The first-order valence-electron chi connectivity index (χ1n) is 9.75. The topological polar surface area (TPSA) is 97.5 Å².